The topological polar surface area (TPSA) is 32.3 Å². The molecule has 1 aliphatic heterocycles. The first-order chi connectivity index (χ1) is 11.1. The molecule has 1 aromatic rings. The molecule has 0 spiro atoms. The van der Waals surface area contributed by atoms with Crippen molar-refractivity contribution in [1.82, 2.24) is 10.2 Å². The molecule has 136 valence electrons. The number of rotatable bonds is 7. The summed E-state index contributed by atoms with van der Waals surface area (Å²) in [5.74, 6) is 0.0404. The minimum Gasteiger partial charge on any atom is -0.339 e. The van der Waals surface area contributed by atoms with Crippen LogP contribution in [-0.4, -0.2) is 36.5 Å². The van der Waals surface area contributed by atoms with Crippen molar-refractivity contribution in [2.75, 3.05) is 19.6 Å². The van der Waals surface area contributed by atoms with Crippen molar-refractivity contribution in [2.45, 2.75) is 52.0 Å². The van der Waals surface area contributed by atoms with Crippen LogP contribution in [0.25, 0.3) is 0 Å². The van der Waals surface area contributed by atoms with E-state index >= 15 is 0 Å². The van der Waals surface area contributed by atoms with E-state index in [-0.39, 0.29) is 30.0 Å². The normalized spacial score (nSPS) is 16.3. The van der Waals surface area contributed by atoms with E-state index in [1.54, 1.807) is 12.1 Å². The predicted octanol–water partition coefficient (Wildman–Crippen LogP) is 3.81. The molecule has 0 aromatic heterocycles. The Morgan fingerprint density at radius 1 is 1.38 bits per heavy atom. The van der Waals surface area contributed by atoms with Gasteiger partial charge in [-0.05, 0) is 62.9 Å². The minimum atomic E-state index is -0.205. The second kappa shape index (κ2) is 10.7. The smallest absolute Gasteiger partial charge is 0.225 e. The molecule has 1 amide bonds. The summed E-state index contributed by atoms with van der Waals surface area (Å²) >= 11 is 0. The van der Waals surface area contributed by atoms with Crippen molar-refractivity contribution < 1.29 is 9.18 Å². The minimum absolute atomic E-state index is 0. The molecule has 0 radical (unpaired) electrons. The number of aryl methyl sites for hydroxylation is 1. The monoisotopic (exact) mass is 356 g/mol. The van der Waals surface area contributed by atoms with Gasteiger partial charge in [-0.1, -0.05) is 26.0 Å². The van der Waals surface area contributed by atoms with Gasteiger partial charge < -0.3 is 10.2 Å². The summed E-state index contributed by atoms with van der Waals surface area (Å²) in [6.07, 6.45) is 4.60. The number of piperidine rings is 1. The first-order valence-corrected chi connectivity index (χ1v) is 8.87. The third-order valence-corrected chi connectivity index (χ3v) is 4.67. The van der Waals surface area contributed by atoms with Gasteiger partial charge in [-0.3, -0.25) is 4.79 Å². The van der Waals surface area contributed by atoms with E-state index in [9.17, 15) is 9.18 Å². The third kappa shape index (κ3) is 6.06. The maximum atomic E-state index is 13.2. The molecule has 0 saturated carbocycles. The number of nitrogens with one attached hydrogen (secondary N) is 1. The van der Waals surface area contributed by atoms with Gasteiger partial charge >= 0.3 is 0 Å². The van der Waals surface area contributed by atoms with Gasteiger partial charge in [0.25, 0.3) is 0 Å². The largest absolute Gasteiger partial charge is 0.339 e. The maximum absolute atomic E-state index is 13.2. The van der Waals surface area contributed by atoms with Crippen LogP contribution in [0.2, 0.25) is 0 Å². The molecule has 1 saturated heterocycles. The second-order valence-electron chi connectivity index (χ2n) is 6.58. The Bertz CT molecular complexity index is 506. The molecule has 1 aliphatic rings. The van der Waals surface area contributed by atoms with Crippen molar-refractivity contribution >= 4 is 18.3 Å². The number of benzene rings is 1. The van der Waals surface area contributed by atoms with Crippen molar-refractivity contribution in [3.8, 4) is 0 Å². The van der Waals surface area contributed by atoms with E-state index in [2.05, 4.69) is 17.1 Å². The van der Waals surface area contributed by atoms with Gasteiger partial charge in [0.05, 0.1) is 0 Å². The van der Waals surface area contributed by atoms with Crippen LogP contribution in [0.1, 0.15) is 45.1 Å². The fourth-order valence-electron chi connectivity index (χ4n) is 3.31. The number of halogens is 2. The van der Waals surface area contributed by atoms with Gasteiger partial charge in [-0.25, -0.2) is 4.39 Å². The molecule has 0 bridgehead atoms. The third-order valence-electron chi connectivity index (χ3n) is 4.67. The highest BCUT2D eigenvalue weighted by molar-refractivity contribution is 5.85. The van der Waals surface area contributed by atoms with E-state index in [1.165, 1.54) is 6.07 Å². The van der Waals surface area contributed by atoms with Crippen molar-refractivity contribution in [3.05, 3.63) is 35.6 Å². The molecule has 1 atom stereocenters. The molecular formula is C19H30ClFN2O. The molecule has 1 aromatic carbocycles. The average molecular weight is 357 g/mol. The van der Waals surface area contributed by atoms with Crippen LogP contribution >= 0.6 is 12.4 Å². The van der Waals surface area contributed by atoms with Crippen LogP contribution in [0.15, 0.2) is 24.3 Å². The molecule has 2 rings (SSSR count). The average Bonchev–Trinajstić information content (AvgIpc) is 2.58. The molecule has 5 heteroatoms. The summed E-state index contributed by atoms with van der Waals surface area (Å²) in [5, 5.41) is 3.36. The maximum Gasteiger partial charge on any atom is 0.225 e. The molecule has 1 heterocycles. The van der Waals surface area contributed by atoms with Gasteiger partial charge in [0.2, 0.25) is 5.91 Å². The zero-order valence-corrected chi connectivity index (χ0v) is 15.6. The van der Waals surface area contributed by atoms with E-state index in [4.69, 9.17) is 0 Å². The molecule has 24 heavy (non-hydrogen) atoms. The van der Waals surface area contributed by atoms with Crippen LogP contribution < -0.4 is 5.32 Å². The highest BCUT2D eigenvalue weighted by Gasteiger charge is 2.27. The molecule has 1 N–H and O–H groups in total. The predicted molar refractivity (Wildman–Crippen MR) is 99.0 cm³/mol. The van der Waals surface area contributed by atoms with Crippen molar-refractivity contribution in [3.63, 3.8) is 0 Å². The van der Waals surface area contributed by atoms with E-state index < -0.39 is 0 Å². The first-order valence-electron chi connectivity index (χ1n) is 8.87. The van der Waals surface area contributed by atoms with Gasteiger partial charge in [0.15, 0.2) is 0 Å². The number of carbonyl (C=O) groups is 1. The lowest BCUT2D eigenvalue weighted by Gasteiger charge is -2.36. The summed E-state index contributed by atoms with van der Waals surface area (Å²) in [4.78, 5) is 14.9. The number of amides is 1. The molecular weight excluding hydrogens is 327 g/mol. The SMILES string of the molecule is CCCN(C(=O)C(C)CCc1cccc(F)c1)C1CCNCC1.Cl. The summed E-state index contributed by atoms with van der Waals surface area (Å²) in [5.41, 5.74) is 0.966. The number of hydrogen-bond donors (Lipinski definition) is 1. The van der Waals surface area contributed by atoms with Gasteiger partial charge in [0, 0.05) is 18.5 Å². The van der Waals surface area contributed by atoms with Gasteiger partial charge in [0.1, 0.15) is 5.82 Å². The Labute approximate surface area is 151 Å². The Kier molecular flexibility index (Phi) is 9.30. The van der Waals surface area contributed by atoms with E-state index in [0.29, 0.717) is 6.04 Å². The van der Waals surface area contributed by atoms with Crippen molar-refractivity contribution in [2.24, 2.45) is 5.92 Å². The van der Waals surface area contributed by atoms with Crippen LogP contribution in [0.3, 0.4) is 0 Å². The van der Waals surface area contributed by atoms with E-state index in [1.807, 2.05) is 13.0 Å². The zero-order chi connectivity index (χ0) is 16.7. The highest BCUT2D eigenvalue weighted by atomic mass is 35.5. The Morgan fingerprint density at radius 3 is 2.71 bits per heavy atom. The highest BCUT2D eigenvalue weighted by Crippen LogP contribution is 2.19. The van der Waals surface area contributed by atoms with Crippen LogP contribution in [-0.2, 0) is 11.2 Å². The fraction of sp³-hybridized carbons (Fsp3) is 0.632. The molecule has 1 fully saturated rings. The van der Waals surface area contributed by atoms with Gasteiger partial charge in [-0.2, -0.15) is 0 Å². The molecule has 1 unspecified atom stereocenters. The second-order valence-corrected chi connectivity index (χ2v) is 6.58. The Balaban J connectivity index is 0.00000288. The quantitative estimate of drug-likeness (QED) is 0.805. The lowest BCUT2D eigenvalue weighted by atomic mass is 9.97. The summed E-state index contributed by atoms with van der Waals surface area (Å²) in [6, 6.07) is 7.05. The summed E-state index contributed by atoms with van der Waals surface area (Å²) in [6.45, 7) is 6.96. The van der Waals surface area contributed by atoms with Crippen LogP contribution in [0.4, 0.5) is 4.39 Å². The Morgan fingerprint density at radius 2 is 2.08 bits per heavy atom. The number of nitrogens with zero attached hydrogens (tertiary/aromatic N) is 1. The lowest BCUT2D eigenvalue weighted by molar-refractivity contribution is -0.138. The fourth-order valence-corrected chi connectivity index (χ4v) is 3.31. The van der Waals surface area contributed by atoms with Crippen molar-refractivity contribution in [1.29, 1.82) is 0 Å². The standard InChI is InChI=1S/C19H29FN2O.ClH/c1-3-13-22(18-9-11-21-12-10-18)19(23)15(2)7-8-16-5-4-6-17(20)14-16;/h4-6,14-15,18,21H,3,7-13H2,1-2H3;1H. The summed E-state index contributed by atoms with van der Waals surface area (Å²) in [7, 11) is 0. The van der Waals surface area contributed by atoms with Crippen LogP contribution in [0.5, 0.6) is 0 Å². The zero-order valence-electron chi connectivity index (χ0n) is 14.8. The molecule has 3 nitrogen and oxygen atoms in total. The summed E-state index contributed by atoms with van der Waals surface area (Å²) < 4.78 is 13.2. The molecule has 0 aliphatic carbocycles. The van der Waals surface area contributed by atoms with Gasteiger partial charge in [-0.15, -0.1) is 12.4 Å². The lowest BCUT2D eigenvalue weighted by Crippen LogP contribution is -2.48. The van der Waals surface area contributed by atoms with E-state index in [0.717, 1.165) is 57.3 Å². The number of hydrogen-bond acceptors (Lipinski definition) is 2. The first kappa shape index (κ1) is 20.9. The number of carbonyl (C=O) groups excluding carboxylic acids is 1. The Hall–Kier alpha value is -1.13. The van der Waals surface area contributed by atoms with Crippen LogP contribution in [0, 0.1) is 11.7 Å².